The minimum atomic E-state index is -1.08. The number of likely N-dealkylation sites (N-methyl/N-ethyl adjacent to an activating group) is 2. The average molecular weight is 683 g/mol. The summed E-state index contributed by atoms with van der Waals surface area (Å²) in [5, 5.41) is 4.96. The molecule has 0 heterocycles. The highest BCUT2D eigenvalue weighted by Gasteiger charge is 2.35. The van der Waals surface area contributed by atoms with Gasteiger partial charge in [-0.05, 0) is 71.4 Å². The van der Waals surface area contributed by atoms with Crippen molar-refractivity contribution in [3.8, 4) is 0 Å². The lowest BCUT2D eigenvalue weighted by molar-refractivity contribution is -0.146. The van der Waals surface area contributed by atoms with E-state index in [1.807, 2.05) is 86.6 Å². The normalized spacial score (nSPS) is 12.9. The van der Waals surface area contributed by atoms with Crippen LogP contribution in [0.4, 0.5) is 8.78 Å². The molecule has 0 aromatic heterocycles. The van der Waals surface area contributed by atoms with Crippen molar-refractivity contribution in [3.63, 3.8) is 0 Å². The van der Waals surface area contributed by atoms with E-state index in [1.54, 1.807) is 13.1 Å². The summed E-state index contributed by atoms with van der Waals surface area (Å²) in [6.07, 6.45) is 5.88. The first-order valence-electron chi connectivity index (χ1n) is 17.2. The first kappa shape index (κ1) is 37.9. The van der Waals surface area contributed by atoms with Gasteiger partial charge in [0.25, 0.3) is 0 Å². The van der Waals surface area contributed by atoms with Crippen LogP contribution in [0.2, 0.25) is 0 Å². The maximum absolute atomic E-state index is 14.5. The number of nitrogens with one attached hydrogen (secondary N) is 1. The Hall–Kier alpha value is -4.89. The summed E-state index contributed by atoms with van der Waals surface area (Å²) in [6.45, 7) is 4.32. The molecule has 2 unspecified atom stereocenters. The van der Waals surface area contributed by atoms with Crippen LogP contribution in [0.25, 0.3) is 10.8 Å². The summed E-state index contributed by atoms with van der Waals surface area (Å²) >= 11 is 0. The van der Waals surface area contributed by atoms with Gasteiger partial charge in [-0.1, -0.05) is 98.8 Å². The number of hydrogen-bond acceptors (Lipinski definition) is 4. The summed E-state index contributed by atoms with van der Waals surface area (Å²) in [5.74, 6) is -3.34. The predicted octanol–water partition coefficient (Wildman–Crippen LogP) is 6.38. The Labute approximate surface area is 294 Å². The van der Waals surface area contributed by atoms with Crippen molar-refractivity contribution in [2.75, 3.05) is 20.6 Å². The zero-order chi connectivity index (χ0) is 36.3. The molecule has 0 bridgehead atoms. The lowest BCUT2D eigenvalue weighted by Crippen LogP contribution is -2.56. The van der Waals surface area contributed by atoms with Gasteiger partial charge in [-0.3, -0.25) is 14.4 Å². The second kappa shape index (κ2) is 17.7. The summed E-state index contributed by atoms with van der Waals surface area (Å²) < 4.78 is 28.1. The Morgan fingerprint density at radius 2 is 1.38 bits per heavy atom. The lowest BCUT2D eigenvalue weighted by Gasteiger charge is -2.34. The standard InChI is InChI=1S/C41H48F2N4O3/c1-5-41(44,6-2)23-12-17-38(48)46(3)37(28-30-18-20-32-15-10-11-16-33(32)25-30)40(50)47(4)36(27-31-19-21-34(42)35(43)26-31)39(49)45-24-22-29-13-8-7-9-14-29/h7-21,25-26,36-37H,5-6,22-24,27-28,44H2,1-4H3,(H,45,49)/b17-12+. The maximum atomic E-state index is 14.5. The van der Waals surface area contributed by atoms with Crippen molar-refractivity contribution in [1.29, 1.82) is 0 Å². The minimum absolute atomic E-state index is 0.0660. The zero-order valence-electron chi connectivity index (χ0n) is 29.4. The first-order chi connectivity index (χ1) is 23.9. The zero-order valence-corrected chi connectivity index (χ0v) is 29.4. The second-order valence-corrected chi connectivity index (χ2v) is 13.0. The third-order valence-corrected chi connectivity index (χ3v) is 9.62. The van der Waals surface area contributed by atoms with Gasteiger partial charge in [-0.15, -0.1) is 0 Å². The molecule has 0 aliphatic heterocycles. The number of carbonyl (C=O) groups is 3. The maximum Gasteiger partial charge on any atom is 0.246 e. The van der Waals surface area contributed by atoms with Gasteiger partial charge in [0, 0.05) is 39.0 Å². The second-order valence-electron chi connectivity index (χ2n) is 13.0. The quantitative estimate of drug-likeness (QED) is 0.134. The van der Waals surface area contributed by atoms with Crippen molar-refractivity contribution in [1.82, 2.24) is 15.1 Å². The van der Waals surface area contributed by atoms with Crippen LogP contribution in [0.1, 0.15) is 49.8 Å². The highest BCUT2D eigenvalue weighted by Crippen LogP contribution is 2.21. The van der Waals surface area contributed by atoms with E-state index in [2.05, 4.69) is 5.32 Å². The Bertz CT molecular complexity index is 1790. The van der Waals surface area contributed by atoms with Crippen LogP contribution in [-0.4, -0.2) is 65.8 Å². The van der Waals surface area contributed by atoms with E-state index in [9.17, 15) is 23.2 Å². The fourth-order valence-electron chi connectivity index (χ4n) is 5.96. The molecule has 3 amide bonds. The fourth-order valence-corrected chi connectivity index (χ4v) is 5.96. The number of halogens is 2. The number of nitrogens with zero attached hydrogens (tertiary/aromatic N) is 2. The van der Waals surface area contributed by atoms with Crippen molar-refractivity contribution in [3.05, 3.63) is 131 Å². The minimum Gasteiger partial charge on any atom is -0.354 e. The predicted molar refractivity (Wildman–Crippen MR) is 195 cm³/mol. The third kappa shape index (κ3) is 10.1. The van der Waals surface area contributed by atoms with E-state index in [0.29, 0.717) is 24.9 Å². The van der Waals surface area contributed by atoms with Crippen LogP contribution < -0.4 is 11.1 Å². The summed E-state index contributed by atoms with van der Waals surface area (Å²) in [4.78, 5) is 44.6. The van der Waals surface area contributed by atoms with Crippen LogP contribution >= 0.6 is 0 Å². The van der Waals surface area contributed by atoms with E-state index >= 15 is 0 Å². The molecule has 7 nitrogen and oxygen atoms in total. The largest absolute Gasteiger partial charge is 0.354 e. The number of amides is 3. The van der Waals surface area contributed by atoms with E-state index in [1.165, 1.54) is 29.0 Å². The van der Waals surface area contributed by atoms with Crippen molar-refractivity contribution >= 4 is 28.5 Å². The van der Waals surface area contributed by atoms with Crippen LogP contribution in [-0.2, 0) is 33.6 Å². The number of fused-ring (bicyclic) bond motifs is 1. The number of benzene rings is 4. The van der Waals surface area contributed by atoms with Crippen molar-refractivity contribution in [2.24, 2.45) is 5.73 Å². The lowest BCUT2D eigenvalue weighted by atomic mass is 9.90. The van der Waals surface area contributed by atoms with Crippen LogP contribution in [0.15, 0.2) is 103 Å². The number of hydrogen-bond donors (Lipinski definition) is 2. The molecule has 0 saturated carbocycles. The van der Waals surface area contributed by atoms with Gasteiger partial charge in [0.05, 0.1) is 0 Å². The monoisotopic (exact) mass is 682 g/mol. The van der Waals surface area contributed by atoms with E-state index in [4.69, 9.17) is 5.73 Å². The van der Waals surface area contributed by atoms with Gasteiger partial charge < -0.3 is 20.9 Å². The van der Waals surface area contributed by atoms with Crippen molar-refractivity contribution < 1.29 is 23.2 Å². The molecule has 0 fully saturated rings. The van der Waals surface area contributed by atoms with Crippen LogP contribution in [0.5, 0.6) is 0 Å². The molecule has 4 aromatic carbocycles. The molecule has 264 valence electrons. The topological polar surface area (TPSA) is 95.7 Å². The highest BCUT2D eigenvalue weighted by molar-refractivity contribution is 5.95. The molecular formula is C41H48F2N4O3. The molecule has 0 radical (unpaired) electrons. The SMILES string of the molecule is CCC(N)(CC)C/C=C/C(=O)N(C)C(Cc1ccc2ccccc2c1)C(=O)N(C)C(Cc1ccc(F)c(F)c1)C(=O)NCCc1ccccc1. The molecule has 2 atom stereocenters. The molecule has 4 rings (SSSR count). The molecule has 0 aliphatic rings. The molecule has 0 saturated heterocycles. The molecule has 3 N–H and O–H groups in total. The Morgan fingerprint density at radius 1 is 0.760 bits per heavy atom. The van der Waals surface area contributed by atoms with E-state index in [0.717, 1.165) is 46.9 Å². The molecule has 0 aliphatic carbocycles. The third-order valence-electron chi connectivity index (χ3n) is 9.62. The Balaban J connectivity index is 1.64. The fraction of sp³-hybridized carbons (Fsp3) is 0.341. The number of rotatable bonds is 16. The summed E-state index contributed by atoms with van der Waals surface area (Å²) in [5.41, 5.74) is 8.23. The Kier molecular flexibility index (Phi) is 13.4. The van der Waals surface area contributed by atoms with Crippen molar-refractivity contribution in [2.45, 2.75) is 70.0 Å². The van der Waals surface area contributed by atoms with Gasteiger partial charge in [-0.25, -0.2) is 8.78 Å². The number of nitrogens with two attached hydrogens (primary N) is 1. The summed E-state index contributed by atoms with van der Waals surface area (Å²) in [7, 11) is 3.08. The van der Waals surface area contributed by atoms with E-state index in [-0.39, 0.29) is 18.7 Å². The molecule has 50 heavy (non-hydrogen) atoms. The van der Waals surface area contributed by atoms with Crippen LogP contribution in [0, 0.1) is 11.6 Å². The van der Waals surface area contributed by atoms with Crippen LogP contribution in [0.3, 0.4) is 0 Å². The molecule has 0 spiro atoms. The smallest absolute Gasteiger partial charge is 0.246 e. The van der Waals surface area contributed by atoms with Gasteiger partial charge in [-0.2, -0.15) is 0 Å². The van der Waals surface area contributed by atoms with Gasteiger partial charge in [0.1, 0.15) is 12.1 Å². The van der Waals surface area contributed by atoms with Gasteiger partial charge in [0.2, 0.25) is 17.7 Å². The first-order valence-corrected chi connectivity index (χ1v) is 17.2. The molecular weight excluding hydrogens is 634 g/mol. The highest BCUT2D eigenvalue weighted by atomic mass is 19.2. The van der Waals surface area contributed by atoms with Gasteiger partial charge in [0.15, 0.2) is 11.6 Å². The number of carbonyl (C=O) groups excluding carboxylic acids is 3. The molecule has 9 heteroatoms. The van der Waals surface area contributed by atoms with Gasteiger partial charge >= 0.3 is 0 Å². The summed E-state index contributed by atoms with van der Waals surface area (Å²) in [6, 6.07) is 24.8. The molecule has 4 aromatic rings. The van der Waals surface area contributed by atoms with E-state index < -0.39 is 41.1 Å². The Morgan fingerprint density at radius 3 is 2.06 bits per heavy atom. The average Bonchev–Trinajstić information content (AvgIpc) is 3.13.